The number of amides is 1. The van der Waals surface area contributed by atoms with E-state index in [1.807, 2.05) is 44.2 Å². The molecule has 22 heavy (non-hydrogen) atoms. The maximum atomic E-state index is 12.4. The van der Waals surface area contributed by atoms with Crippen molar-refractivity contribution in [3.8, 4) is 0 Å². The number of rotatable bonds is 4. The van der Waals surface area contributed by atoms with Crippen molar-refractivity contribution < 1.29 is 14.3 Å². The SMILES string of the molecule is COC(=O)C(NC(=O)c1ccc(C)c(C)c1)c1ccccc1. The Balaban J connectivity index is 2.25. The van der Waals surface area contributed by atoms with Crippen LogP contribution in [-0.2, 0) is 9.53 Å². The van der Waals surface area contributed by atoms with Crippen LogP contribution in [0.5, 0.6) is 0 Å². The summed E-state index contributed by atoms with van der Waals surface area (Å²) in [4.78, 5) is 24.4. The van der Waals surface area contributed by atoms with Crippen molar-refractivity contribution in [2.24, 2.45) is 0 Å². The van der Waals surface area contributed by atoms with E-state index in [4.69, 9.17) is 4.74 Å². The lowest BCUT2D eigenvalue weighted by molar-refractivity contribution is -0.143. The van der Waals surface area contributed by atoms with Crippen molar-refractivity contribution in [3.05, 3.63) is 70.8 Å². The van der Waals surface area contributed by atoms with Gasteiger partial charge in [0, 0.05) is 5.56 Å². The zero-order valence-corrected chi connectivity index (χ0v) is 12.9. The Bertz CT molecular complexity index is 680. The summed E-state index contributed by atoms with van der Waals surface area (Å²) >= 11 is 0. The molecule has 0 fully saturated rings. The Hall–Kier alpha value is -2.62. The van der Waals surface area contributed by atoms with Crippen LogP contribution in [0.2, 0.25) is 0 Å². The Labute approximate surface area is 130 Å². The van der Waals surface area contributed by atoms with E-state index < -0.39 is 12.0 Å². The highest BCUT2D eigenvalue weighted by molar-refractivity contribution is 5.97. The molecule has 0 aliphatic heterocycles. The summed E-state index contributed by atoms with van der Waals surface area (Å²) in [5.41, 5.74) is 3.35. The van der Waals surface area contributed by atoms with Gasteiger partial charge in [-0.05, 0) is 42.7 Å². The van der Waals surface area contributed by atoms with Crippen LogP contribution < -0.4 is 5.32 Å². The molecule has 0 aliphatic rings. The topological polar surface area (TPSA) is 55.4 Å². The average molecular weight is 297 g/mol. The van der Waals surface area contributed by atoms with Gasteiger partial charge in [0.15, 0.2) is 6.04 Å². The largest absolute Gasteiger partial charge is 0.467 e. The maximum absolute atomic E-state index is 12.4. The summed E-state index contributed by atoms with van der Waals surface area (Å²) in [5, 5.41) is 2.73. The van der Waals surface area contributed by atoms with Gasteiger partial charge in [-0.15, -0.1) is 0 Å². The van der Waals surface area contributed by atoms with E-state index in [1.165, 1.54) is 7.11 Å². The van der Waals surface area contributed by atoms with Gasteiger partial charge in [-0.25, -0.2) is 4.79 Å². The molecule has 2 rings (SSSR count). The number of hydrogen-bond acceptors (Lipinski definition) is 3. The first-order valence-electron chi connectivity index (χ1n) is 7.04. The third-order valence-electron chi connectivity index (χ3n) is 3.61. The monoisotopic (exact) mass is 297 g/mol. The van der Waals surface area contributed by atoms with E-state index in [1.54, 1.807) is 18.2 Å². The van der Waals surface area contributed by atoms with Gasteiger partial charge in [0.05, 0.1) is 7.11 Å². The molecule has 2 aromatic rings. The molecule has 0 radical (unpaired) electrons. The lowest BCUT2D eigenvalue weighted by Crippen LogP contribution is -2.34. The molecule has 0 aromatic heterocycles. The number of carbonyl (C=O) groups is 2. The fraction of sp³-hybridized carbons (Fsp3) is 0.222. The van der Waals surface area contributed by atoms with Gasteiger partial charge in [-0.3, -0.25) is 4.79 Å². The van der Waals surface area contributed by atoms with Gasteiger partial charge in [-0.1, -0.05) is 36.4 Å². The standard InChI is InChI=1S/C18H19NO3/c1-12-9-10-15(11-13(12)2)17(20)19-16(18(21)22-3)14-7-5-4-6-8-14/h4-11,16H,1-3H3,(H,19,20). The van der Waals surface area contributed by atoms with Gasteiger partial charge >= 0.3 is 5.97 Å². The summed E-state index contributed by atoms with van der Waals surface area (Å²) in [6.45, 7) is 3.93. The van der Waals surface area contributed by atoms with Gasteiger partial charge in [0.1, 0.15) is 0 Å². The van der Waals surface area contributed by atoms with E-state index in [2.05, 4.69) is 5.32 Å². The van der Waals surface area contributed by atoms with Gasteiger partial charge in [0.2, 0.25) is 0 Å². The molecule has 0 spiro atoms. The molecule has 1 amide bonds. The number of carbonyl (C=O) groups excluding carboxylic acids is 2. The molecular formula is C18H19NO3. The van der Waals surface area contributed by atoms with Crippen LogP contribution in [0.1, 0.15) is 33.1 Å². The van der Waals surface area contributed by atoms with Crippen LogP contribution in [-0.4, -0.2) is 19.0 Å². The van der Waals surface area contributed by atoms with E-state index >= 15 is 0 Å². The van der Waals surface area contributed by atoms with Crippen molar-refractivity contribution in [1.29, 1.82) is 0 Å². The summed E-state index contributed by atoms with van der Waals surface area (Å²) in [6, 6.07) is 13.7. The van der Waals surface area contributed by atoms with Gasteiger partial charge in [-0.2, -0.15) is 0 Å². The van der Waals surface area contributed by atoms with Crippen molar-refractivity contribution in [3.63, 3.8) is 0 Å². The smallest absolute Gasteiger partial charge is 0.333 e. The van der Waals surface area contributed by atoms with Crippen LogP contribution in [0.4, 0.5) is 0 Å². The molecule has 4 nitrogen and oxygen atoms in total. The van der Waals surface area contributed by atoms with E-state index in [9.17, 15) is 9.59 Å². The summed E-state index contributed by atoms with van der Waals surface area (Å²) in [7, 11) is 1.31. The number of aryl methyl sites for hydroxylation is 2. The average Bonchev–Trinajstić information content (AvgIpc) is 2.55. The lowest BCUT2D eigenvalue weighted by atomic mass is 10.0. The van der Waals surface area contributed by atoms with E-state index in [0.29, 0.717) is 11.1 Å². The fourth-order valence-corrected chi connectivity index (χ4v) is 2.14. The summed E-state index contributed by atoms with van der Waals surface area (Å²) in [5.74, 6) is -0.800. The number of esters is 1. The molecule has 4 heteroatoms. The van der Waals surface area contributed by atoms with E-state index in [0.717, 1.165) is 11.1 Å². The predicted molar refractivity (Wildman–Crippen MR) is 84.6 cm³/mol. The van der Waals surface area contributed by atoms with Crippen molar-refractivity contribution in [2.45, 2.75) is 19.9 Å². The summed E-state index contributed by atoms with van der Waals surface area (Å²) in [6.07, 6.45) is 0. The van der Waals surface area contributed by atoms with Crippen LogP contribution in [0, 0.1) is 13.8 Å². The molecule has 0 aliphatic carbocycles. The number of hydrogen-bond donors (Lipinski definition) is 1. The zero-order chi connectivity index (χ0) is 16.1. The van der Waals surface area contributed by atoms with Crippen LogP contribution >= 0.6 is 0 Å². The molecule has 0 saturated carbocycles. The molecule has 1 atom stereocenters. The Morgan fingerprint density at radius 3 is 2.27 bits per heavy atom. The molecule has 2 aromatic carbocycles. The normalized spacial score (nSPS) is 11.6. The second-order valence-electron chi connectivity index (χ2n) is 5.14. The fourth-order valence-electron chi connectivity index (χ4n) is 2.14. The van der Waals surface area contributed by atoms with E-state index in [-0.39, 0.29) is 5.91 Å². The minimum Gasteiger partial charge on any atom is -0.467 e. The Kier molecular flexibility index (Phi) is 4.94. The lowest BCUT2D eigenvalue weighted by Gasteiger charge is -2.17. The number of methoxy groups -OCH3 is 1. The third-order valence-corrected chi connectivity index (χ3v) is 3.61. The van der Waals surface area contributed by atoms with Crippen molar-refractivity contribution in [1.82, 2.24) is 5.32 Å². The van der Waals surface area contributed by atoms with Crippen molar-refractivity contribution in [2.75, 3.05) is 7.11 Å². The summed E-state index contributed by atoms with van der Waals surface area (Å²) < 4.78 is 4.79. The molecule has 1 unspecified atom stereocenters. The quantitative estimate of drug-likeness (QED) is 0.883. The molecule has 0 bridgehead atoms. The minimum atomic E-state index is -0.819. The third kappa shape index (κ3) is 3.52. The van der Waals surface area contributed by atoms with Gasteiger partial charge < -0.3 is 10.1 Å². The first-order chi connectivity index (χ1) is 10.5. The van der Waals surface area contributed by atoms with Crippen molar-refractivity contribution >= 4 is 11.9 Å². The van der Waals surface area contributed by atoms with Gasteiger partial charge in [0.25, 0.3) is 5.91 Å². The maximum Gasteiger partial charge on any atom is 0.333 e. The van der Waals surface area contributed by atoms with Crippen LogP contribution in [0.15, 0.2) is 48.5 Å². The molecular weight excluding hydrogens is 278 g/mol. The highest BCUT2D eigenvalue weighted by Crippen LogP contribution is 2.16. The molecule has 0 heterocycles. The molecule has 1 N–H and O–H groups in total. The number of benzene rings is 2. The first kappa shape index (κ1) is 15.8. The Morgan fingerprint density at radius 2 is 1.68 bits per heavy atom. The number of nitrogens with one attached hydrogen (secondary N) is 1. The van der Waals surface area contributed by atoms with Crippen LogP contribution in [0.3, 0.4) is 0 Å². The second-order valence-corrected chi connectivity index (χ2v) is 5.14. The highest BCUT2D eigenvalue weighted by atomic mass is 16.5. The minimum absolute atomic E-state index is 0.303. The highest BCUT2D eigenvalue weighted by Gasteiger charge is 2.23. The predicted octanol–water partition coefficient (Wildman–Crippen LogP) is 2.95. The molecule has 0 saturated heterocycles. The molecule has 114 valence electrons. The Morgan fingerprint density at radius 1 is 1.00 bits per heavy atom. The second kappa shape index (κ2) is 6.89. The first-order valence-corrected chi connectivity index (χ1v) is 7.04. The zero-order valence-electron chi connectivity index (χ0n) is 12.9. The number of ether oxygens (including phenoxy) is 1. The van der Waals surface area contributed by atoms with Crippen LogP contribution in [0.25, 0.3) is 0 Å².